The van der Waals surface area contributed by atoms with Gasteiger partial charge < -0.3 is 25.6 Å². The normalized spacial score (nSPS) is 14.6. The van der Waals surface area contributed by atoms with Gasteiger partial charge in [-0.15, -0.1) is 11.3 Å². The summed E-state index contributed by atoms with van der Waals surface area (Å²) in [6, 6.07) is 4.57. The zero-order chi connectivity index (χ0) is 26.4. The number of morpholine rings is 1. The summed E-state index contributed by atoms with van der Waals surface area (Å²) in [7, 11) is 0. The van der Waals surface area contributed by atoms with E-state index in [4.69, 9.17) is 16.3 Å². The number of ether oxygens (including phenoxy) is 1. The van der Waals surface area contributed by atoms with Crippen molar-refractivity contribution in [1.29, 1.82) is 0 Å². The van der Waals surface area contributed by atoms with E-state index in [2.05, 4.69) is 10.6 Å². The average molecular weight is 551 g/mol. The van der Waals surface area contributed by atoms with Crippen LogP contribution in [0.2, 0.25) is 4.34 Å². The summed E-state index contributed by atoms with van der Waals surface area (Å²) < 4.78 is 58.4. The molecule has 1 aliphatic rings. The zero-order valence-electron chi connectivity index (χ0n) is 18.2. The van der Waals surface area contributed by atoms with Gasteiger partial charge in [0.25, 0.3) is 24.1 Å². The van der Waals surface area contributed by atoms with Crippen molar-refractivity contribution in [2.75, 3.05) is 36.5 Å². The highest BCUT2D eigenvalue weighted by Crippen LogP contribution is 2.32. The van der Waals surface area contributed by atoms with Gasteiger partial charge in [0.15, 0.2) is 0 Å². The second-order valence-electron chi connectivity index (χ2n) is 7.34. The smallest absolute Gasteiger partial charge is 0.315 e. The standard InChI is InChI=1S/C21H19ClF4N4O5S/c22-15-4-3-14(36-15)20(33)27-8-13(29-21(34)18(25)26)19(32)28-12-2-1-10(7-11(12)17(23)24)30-5-6-35-9-16(30)31/h1-4,7,13,17-18H,5-6,8-9H2,(H,27,33)(H,28,32)(H,29,34)/t13-/m0/s1. The van der Waals surface area contributed by atoms with Gasteiger partial charge in [0, 0.05) is 30.0 Å². The molecule has 0 radical (unpaired) electrons. The fourth-order valence-corrected chi connectivity index (χ4v) is 4.14. The second kappa shape index (κ2) is 12.1. The molecule has 36 heavy (non-hydrogen) atoms. The molecule has 1 aromatic heterocycles. The minimum Gasteiger partial charge on any atom is -0.370 e. The highest BCUT2D eigenvalue weighted by molar-refractivity contribution is 7.18. The molecule has 0 aliphatic carbocycles. The van der Waals surface area contributed by atoms with Crippen molar-refractivity contribution in [2.24, 2.45) is 0 Å². The van der Waals surface area contributed by atoms with E-state index in [1.54, 1.807) is 5.32 Å². The summed E-state index contributed by atoms with van der Waals surface area (Å²) in [5.41, 5.74) is -0.857. The van der Waals surface area contributed by atoms with Crippen LogP contribution in [0, 0.1) is 0 Å². The third-order valence-electron chi connectivity index (χ3n) is 4.92. The van der Waals surface area contributed by atoms with Gasteiger partial charge in [-0.1, -0.05) is 11.6 Å². The number of halogens is 5. The van der Waals surface area contributed by atoms with E-state index in [1.807, 2.05) is 0 Å². The molecular weight excluding hydrogens is 532 g/mol. The van der Waals surface area contributed by atoms with Crippen molar-refractivity contribution in [3.63, 3.8) is 0 Å². The number of hydrogen-bond donors (Lipinski definition) is 3. The summed E-state index contributed by atoms with van der Waals surface area (Å²) in [5, 5.41) is 6.25. The first kappa shape index (κ1) is 27.4. The fourth-order valence-electron chi connectivity index (χ4n) is 3.19. The minimum absolute atomic E-state index is 0.143. The van der Waals surface area contributed by atoms with E-state index in [-0.39, 0.29) is 36.0 Å². The number of carbonyl (C=O) groups excluding carboxylic acids is 4. The Balaban J connectivity index is 1.78. The van der Waals surface area contributed by atoms with Crippen molar-refractivity contribution < 1.29 is 41.5 Å². The number of rotatable bonds is 9. The zero-order valence-corrected chi connectivity index (χ0v) is 19.8. The molecule has 0 bridgehead atoms. The van der Waals surface area contributed by atoms with Crippen LogP contribution in [0.3, 0.4) is 0 Å². The Bertz CT molecular complexity index is 1150. The number of carbonyl (C=O) groups is 4. The number of anilines is 2. The molecule has 194 valence electrons. The molecule has 0 spiro atoms. The molecule has 2 heterocycles. The molecule has 4 amide bonds. The molecule has 3 N–H and O–H groups in total. The first-order chi connectivity index (χ1) is 17.1. The Hall–Kier alpha value is -3.23. The van der Waals surface area contributed by atoms with Gasteiger partial charge >= 0.3 is 6.43 Å². The maximum absolute atomic E-state index is 13.8. The third-order valence-corrected chi connectivity index (χ3v) is 6.15. The van der Waals surface area contributed by atoms with E-state index in [0.29, 0.717) is 4.34 Å². The molecule has 1 fully saturated rings. The Labute approximate surface area is 210 Å². The van der Waals surface area contributed by atoms with Crippen LogP contribution < -0.4 is 20.9 Å². The lowest BCUT2D eigenvalue weighted by molar-refractivity contribution is -0.134. The lowest BCUT2D eigenvalue weighted by Crippen LogP contribution is -2.52. The van der Waals surface area contributed by atoms with Gasteiger partial charge in [0.2, 0.25) is 5.91 Å². The summed E-state index contributed by atoms with van der Waals surface area (Å²) >= 11 is 6.69. The van der Waals surface area contributed by atoms with Gasteiger partial charge in [-0.05, 0) is 30.3 Å². The molecule has 1 saturated heterocycles. The SMILES string of the molecule is O=C(NC[C@H](NC(=O)C(F)F)C(=O)Nc1ccc(N2CCOCC2=O)cc1C(F)F)c1ccc(Cl)s1. The summed E-state index contributed by atoms with van der Waals surface area (Å²) in [4.78, 5) is 49.9. The molecule has 2 aromatic rings. The first-order valence-corrected chi connectivity index (χ1v) is 11.5. The van der Waals surface area contributed by atoms with Gasteiger partial charge in [0.1, 0.15) is 12.6 Å². The predicted molar refractivity (Wildman–Crippen MR) is 123 cm³/mol. The summed E-state index contributed by atoms with van der Waals surface area (Å²) in [6.45, 7) is -0.478. The molecule has 3 rings (SSSR count). The Morgan fingerprint density at radius 3 is 2.47 bits per heavy atom. The van der Waals surface area contributed by atoms with Crippen molar-refractivity contribution >= 4 is 57.9 Å². The lowest BCUT2D eigenvalue weighted by atomic mass is 10.1. The first-order valence-electron chi connectivity index (χ1n) is 10.3. The third kappa shape index (κ3) is 6.92. The predicted octanol–water partition coefficient (Wildman–Crippen LogP) is 2.82. The Kier molecular flexibility index (Phi) is 9.23. The molecular formula is C21H19ClF4N4O5S. The maximum Gasteiger partial charge on any atom is 0.315 e. The number of thiophene rings is 1. The van der Waals surface area contributed by atoms with Crippen LogP contribution in [0.5, 0.6) is 0 Å². The summed E-state index contributed by atoms with van der Waals surface area (Å²) in [5.74, 6) is -4.05. The number of nitrogens with zero attached hydrogens (tertiary/aromatic N) is 1. The van der Waals surface area contributed by atoms with Crippen LogP contribution in [0.4, 0.5) is 28.9 Å². The second-order valence-corrected chi connectivity index (χ2v) is 9.05. The minimum atomic E-state index is -3.46. The Morgan fingerprint density at radius 2 is 1.86 bits per heavy atom. The lowest BCUT2D eigenvalue weighted by Gasteiger charge is -2.28. The van der Waals surface area contributed by atoms with Crippen LogP contribution >= 0.6 is 22.9 Å². The van der Waals surface area contributed by atoms with Crippen molar-refractivity contribution in [1.82, 2.24) is 10.6 Å². The fraction of sp³-hybridized carbons (Fsp3) is 0.333. The van der Waals surface area contributed by atoms with Gasteiger partial charge in [-0.2, -0.15) is 8.78 Å². The van der Waals surface area contributed by atoms with Crippen LogP contribution in [0.1, 0.15) is 21.7 Å². The molecule has 1 aromatic carbocycles. The van der Waals surface area contributed by atoms with Crippen molar-refractivity contribution in [3.05, 3.63) is 45.1 Å². The van der Waals surface area contributed by atoms with E-state index >= 15 is 0 Å². The van der Waals surface area contributed by atoms with Crippen LogP contribution in [0.15, 0.2) is 30.3 Å². The molecule has 1 atom stereocenters. The highest BCUT2D eigenvalue weighted by atomic mass is 35.5. The summed E-state index contributed by atoms with van der Waals surface area (Å²) in [6.07, 6.45) is -6.54. The Morgan fingerprint density at radius 1 is 1.11 bits per heavy atom. The molecule has 9 nitrogen and oxygen atoms in total. The quantitative estimate of drug-likeness (QED) is 0.415. The van der Waals surface area contributed by atoms with Crippen molar-refractivity contribution in [2.45, 2.75) is 18.9 Å². The molecule has 15 heteroatoms. The van der Waals surface area contributed by atoms with Gasteiger partial charge in [-0.25, -0.2) is 8.78 Å². The van der Waals surface area contributed by atoms with Crippen LogP contribution in [-0.4, -0.2) is 62.4 Å². The number of nitrogens with one attached hydrogen (secondary N) is 3. The topological polar surface area (TPSA) is 117 Å². The molecule has 0 unspecified atom stereocenters. The molecule has 0 saturated carbocycles. The van der Waals surface area contributed by atoms with E-state index < -0.39 is 54.6 Å². The average Bonchev–Trinajstić information content (AvgIpc) is 3.28. The largest absolute Gasteiger partial charge is 0.370 e. The number of benzene rings is 1. The monoisotopic (exact) mass is 550 g/mol. The van der Waals surface area contributed by atoms with E-state index in [0.717, 1.165) is 23.5 Å². The van der Waals surface area contributed by atoms with Gasteiger partial charge in [0.05, 0.1) is 15.8 Å². The van der Waals surface area contributed by atoms with E-state index in [1.165, 1.54) is 23.1 Å². The number of amides is 4. The molecule has 1 aliphatic heterocycles. The number of hydrogen-bond acceptors (Lipinski definition) is 6. The maximum atomic E-state index is 13.8. The highest BCUT2D eigenvalue weighted by Gasteiger charge is 2.28. The van der Waals surface area contributed by atoms with E-state index in [9.17, 15) is 36.7 Å². The van der Waals surface area contributed by atoms with Crippen LogP contribution in [0.25, 0.3) is 0 Å². The number of alkyl halides is 4. The van der Waals surface area contributed by atoms with Gasteiger partial charge in [-0.3, -0.25) is 19.2 Å². The van der Waals surface area contributed by atoms with Crippen molar-refractivity contribution in [3.8, 4) is 0 Å². The van der Waals surface area contributed by atoms with Crippen LogP contribution in [-0.2, 0) is 19.1 Å².